The van der Waals surface area contributed by atoms with E-state index in [1.165, 1.54) is 110 Å². The Bertz CT molecular complexity index is 2510. The van der Waals surface area contributed by atoms with Crippen molar-refractivity contribution in [1.29, 1.82) is 0 Å². The van der Waals surface area contributed by atoms with Gasteiger partial charge in [0.25, 0.3) is 0 Å². The SMILES string of the molecule is Cc1cc(-n2c3cccc4ccc5cccc2c5c43)c(C)cc1-c1cc(C)c(-n2c3cccc4ccc5cccc2c5c43)cc1C. The van der Waals surface area contributed by atoms with Crippen LogP contribution < -0.4 is 0 Å². The molecule has 0 fully saturated rings. The second-order valence-corrected chi connectivity index (χ2v) is 13.2. The standard InChI is InChI=1S/C44H32N2/c1-25-23-39(45-35-13-5-9-29-17-18-30-10-6-14-36(45)42(30)41(29)35)27(3)21-33(25)34-22-28(4)40(24-26(34)2)46-37-15-7-11-31-19-20-32-12-8-16-38(46)44(32)43(31)37/h5-24H,1-4H3. The van der Waals surface area contributed by atoms with Crippen molar-refractivity contribution >= 4 is 65.2 Å². The lowest BCUT2D eigenvalue weighted by atomic mass is 9.92. The van der Waals surface area contributed by atoms with Gasteiger partial charge in [0, 0.05) is 32.9 Å². The predicted octanol–water partition coefficient (Wildman–Crippen LogP) is 12.0. The van der Waals surface area contributed by atoms with Gasteiger partial charge in [-0.15, -0.1) is 0 Å². The van der Waals surface area contributed by atoms with Gasteiger partial charge >= 0.3 is 0 Å². The Morgan fingerprint density at radius 2 is 0.630 bits per heavy atom. The first-order valence-corrected chi connectivity index (χ1v) is 16.2. The Morgan fingerprint density at radius 3 is 0.935 bits per heavy atom. The van der Waals surface area contributed by atoms with Crippen molar-refractivity contribution in [2.75, 3.05) is 0 Å². The molecule has 0 atom stereocenters. The average Bonchev–Trinajstić information content (AvgIpc) is 3.60. The second-order valence-electron chi connectivity index (χ2n) is 13.2. The fourth-order valence-electron chi connectivity index (χ4n) is 8.42. The fourth-order valence-corrected chi connectivity index (χ4v) is 8.42. The average molecular weight is 589 g/mol. The highest BCUT2D eigenvalue weighted by Crippen LogP contribution is 2.43. The van der Waals surface area contributed by atoms with E-state index in [2.05, 4.69) is 158 Å². The van der Waals surface area contributed by atoms with Gasteiger partial charge in [0.05, 0.1) is 22.1 Å². The van der Waals surface area contributed by atoms with Crippen LogP contribution in [-0.2, 0) is 0 Å². The molecule has 0 N–H and O–H groups in total. The van der Waals surface area contributed by atoms with Crippen LogP contribution in [0.2, 0.25) is 0 Å². The van der Waals surface area contributed by atoms with Crippen LogP contribution in [0.3, 0.4) is 0 Å². The van der Waals surface area contributed by atoms with Gasteiger partial charge in [0.2, 0.25) is 0 Å². The highest BCUT2D eigenvalue weighted by molar-refractivity contribution is 6.25. The topological polar surface area (TPSA) is 9.86 Å². The summed E-state index contributed by atoms with van der Waals surface area (Å²) in [7, 11) is 0. The van der Waals surface area contributed by atoms with Crippen molar-refractivity contribution in [1.82, 2.24) is 9.13 Å². The van der Waals surface area contributed by atoms with Crippen LogP contribution in [0.25, 0.3) is 87.7 Å². The Hall–Kier alpha value is -5.60. The molecule has 8 aromatic carbocycles. The molecule has 0 saturated carbocycles. The largest absolute Gasteiger partial charge is 0.309 e. The monoisotopic (exact) mass is 588 g/mol. The molecule has 10 aromatic rings. The van der Waals surface area contributed by atoms with Gasteiger partial charge in [-0.25, -0.2) is 0 Å². The Labute approximate surface area is 267 Å². The summed E-state index contributed by atoms with van der Waals surface area (Å²) in [4.78, 5) is 0. The van der Waals surface area contributed by atoms with E-state index in [-0.39, 0.29) is 0 Å². The lowest BCUT2D eigenvalue weighted by molar-refractivity contribution is 1.13. The minimum atomic E-state index is 1.25. The summed E-state index contributed by atoms with van der Waals surface area (Å²) in [5, 5.41) is 10.6. The highest BCUT2D eigenvalue weighted by atomic mass is 15.0. The number of hydrogen-bond acceptors (Lipinski definition) is 0. The number of benzene rings is 8. The molecule has 0 bridgehead atoms. The van der Waals surface area contributed by atoms with Gasteiger partial charge in [0.15, 0.2) is 0 Å². The van der Waals surface area contributed by atoms with E-state index in [0.29, 0.717) is 0 Å². The summed E-state index contributed by atoms with van der Waals surface area (Å²) in [6.07, 6.45) is 0. The first kappa shape index (κ1) is 25.7. The predicted molar refractivity (Wildman–Crippen MR) is 197 cm³/mol. The molecule has 0 radical (unpaired) electrons. The summed E-state index contributed by atoms with van der Waals surface area (Å²) >= 11 is 0. The van der Waals surface area contributed by atoms with E-state index in [1.807, 2.05) is 0 Å². The zero-order chi connectivity index (χ0) is 30.8. The number of hydrogen-bond donors (Lipinski definition) is 0. The van der Waals surface area contributed by atoms with Crippen LogP contribution in [-0.4, -0.2) is 9.13 Å². The van der Waals surface area contributed by atoms with E-state index in [0.717, 1.165) is 0 Å². The minimum absolute atomic E-state index is 1.25. The van der Waals surface area contributed by atoms with Crippen molar-refractivity contribution in [2.45, 2.75) is 27.7 Å². The third kappa shape index (κ3) is 3.26. The van der Waals surface area contributed by atoms with Crippen molar-refractivity contribution in [3.63, 3.8) is 0 Å². The first-order chi connectivity index (χ1) is 22.5. The van der Waals surface area contributed by atoms with Crippen LogP contribution >= 0.6 is 0 Å². The Balaban J connectivity index is 1.16. The maximum Gasteiger partial charge on any atom is 0.0547 e. The Morgan fingerprint density at radius 1 is 0.326 bits per heavy atom. The summed E-state index contributed by atoms with van der Waals surface area (Å²) in [5.41, 5.74) is 15.3. The molecular formula is C44H32N2. The molecule has 0 aliphatic heterocycles. The molecule has 0 unspecified atom stereocenters. The fraction of sp³-hybridized carbons (Fsp3) is 0.0909. The van der Waals surface area contributed by atoms with Crippen molar-refractivity contribution < 1.29 is 0 Å². The van der Waals surface area contributed by atoms with Gasteiger partial charge < -0.3 is 9.13 Å². The highest BCUT2D eigenvalue weighted by Gasteiger charge is 2.21. The number of aromatic nitrogens is 2. The summed E-state index contributed by atoms with van der Waals surface area (Å²) < 4.78 is 4.95. The van der Waals surface area contributed by atoms with E-state index in [9.17, 15) is 0 Å². The molecule has 10 rings (SSSR count). The lowest BCUT2D eigenvalue weighted by Crippen LogP contribution is -2.01. The van der Waals surface area contributed by atoms with Gasteiger partial charge in [-0.05, 0) is 131 Å². The third-order valence-electron chi connectivity index (χ3n) is 10.5. The summed E-state index contributed by atoms with van der Waals surface area (Å²) in [5.74, 6) is 0. The van der Waals surface area contributed by atoms with Gasteiger partial charge in [-0.1, -0.05) is 72.8 Å². The number of aryl methyl sites for hydroxylation is 4. The number of rotatable bonds is 3. The summed E-state index contributed by atoms with van der Waals surface area (Å²) in [6, 6.07) is 45.4. The zero-order valence-electron chi connectivity index (χ0n) is 26.4. The van der Waals surface area contributed by atoms with Crippen molar-refractivity contribution in [2.24, 2.45) is 0 Å². The third-order valence-corrected chi connectivity index (χ3v) is 10.5. The van der Waals surface area contributed by atoms with E-state index >= 15 is 0 Å². The molecule has 218 valence electrons. The minimum Gasteiger partial charge on any atom is -0.309 e. The maximum absolute atomic E-state index is 2.48. The van der Waals surface area contributed by atoms with Crippen LogP contribution in [0.4, 0.5) is 0 Å². The molecule has 0 aliphatic carbocycles. The normalized spacial score (nSPS) is 12.3. The maximum atomic E-state index is 2.48. The van der Waals surface area contributed by atoms with Crippen LogP contribution in [0.1, 0.15) is 22.3 Å². The molecular weight excluding hydrogens is 556 g/mol. The van der Waals surface area contributed by atoms with E-state index in [4.69, 9.17) is 0 Å². The van der Waals surface area contributed by atoms with Gasteiger partial charge in [0.1, 0.15) is 0 Å². The molecule has 2 aromatic heterocycles. The summed E-state index contributed by atoms with van der Waals surface area (Å²) in [6.45, 7) is 9.06. The van der Waals surface area contributed by atoms with Gasteiger partial charge in [-0.3, -0.25) is 0 Å². The quantitative estimate of drug-likeness (QED) is 0.182. The number of nitrogens with zero attached hydrogens (tertiary/aromatic N) is 2. The lowest BCUT2D eigenvalue weighted by Gasteiger charge is -2.19. The van der Waals surface area contributed by atoms with Crippen LogP contribution in [0.15, 0.2) is 121 Å². The van der Waals surface area contributed by atoms with Crippen LogP contribution in [0, 0.1) is 27.7 Å². The molecule has 0 spiro atoms. The molecule has 0 saturated heterocycles. The smallest absolute Gasteiger partial charge is 0.0547 e. The van der Waals surface area contributed by atoms with Crippen LogP contribution in [0.5, 0.6) is 0 Å². The molecule has 0 amide bonds. The van der Waals surface area contributed by atoms with E-state index < -0.39 is 0 Å². The molecule has 46 heavy (non-hydrogen) atoms. The van der Waals surface area contributed by atoms with Crippen molar-refractivity contribution in [3.05, 3.63) is 144 Å². The zero-order valence-corrected chi connectivity index (χ0v) is 26.4. The molecule has 2 heterocycles. The van der Waals surface area contributed by atoms with Crippen molar-refractivity contribution in [3.8, 4) is 22.5 Å². The van der Waals surface area contributed by atoms with Gasteiger partial charge in [-0.2, -0.15) is 0 Å². The second kappa shape index (κ2) is 8.99. The Kier molecular flexibility index (Phi) is 5.02. The molecule has 2 heteroatoms. The first-order valence-electron chi connectivity index (χ1n) is 16.2. The molecule has 2 nitrogen and oxygen atoms in total. The van der Waals surface area contributed by atoms with E-state index in [1.54, 1.807) is 0 Å². The molecule has 0 aliphatic rings.